The number of benzene rings is 1. The van der Waals surface area contributed by atoms with Crippen LogP contribution in [0.1, 0.15) is 12.5 Å². The van der Waals surface area contributed by atoms with Crippen molar-refractivity contribution in [2.24, 2.45) is 17.6 Å². The van der Waals surface area contributed by atoms with Crippen molar-refractivity contribution in [3.05, 3.63) is 33.8 Å². The van der Waals surface area contributed by atoms with E-state index in [9.17, 15) is 0 Å². The predicted octanol–water partition coefficient (Wildman–Crippen LogP) is 2.69. The Bertz CT molecular complexity index is 469. The molecule has 1 aliphatic heterocycles. The van der Waals surface area contributed by atoms with Crippen molar-refractivity contribution in [1.29, 1.82) is 0 Å². The standard InChI is InChI=1S/C14H17Cl2NO.CH5N/c1-2-18-7-11-10-6-17-8-14(10,11)9-3-4-12(15)13(16)5-9;1-2/h3-5,10-11,17H,2,6-8H2,1H3;2H2,1H3/t10-,11-,14+;/m0./s1. The zero-order valence-corrected chi connectivity index (χ0v) is 13.5. The molecule has 3 atom stereocenters. The van der Waals surface area contributed by atoms with Crippen LogP contribution >= 0.6 is 23.2 Å². The smallest absolute Gasteiger partial charge is 0.0595 e. The van der Waals surface area contributed by atoms with Gasteiger partial charge >= 0.3 is 0 Å². The highest BCUT2D eigenvalue weighted by Gasteiger charge is 2.67. The average molecular weight is 317 g/mol. The fourth-order valence-electron chi connectivity index (χ4n) is 3.45. The molecule has 3 rings (SSSR count). The summed E-state index contributed by atoms with van der Waals surface area (Å²) in [5.74, 6) is 1.30. The second-order valence-corrected chi connectivity index (χ2v) is 5.99. The van der Waals surface area contributed by atoms with Crippen molar-refractivity contribution in [2.45, 2.75) is 12.3 Å². The highest BCUT2D eigenvalue weighted by molar-refractivity contribution is 6.42. The molecule has 0 aromatic heterocycles. The molecule has 0 radical (unpaired) electrons. The molecule has 0 spiro atoms. The van der Waals surface area contributed by atoms with Gasteiger partial charge in [-0.2, -0.15) is 0 Å². The molecule has 1 aliphatic carbocycles. The minimum atomic E-state index is 0.226. The largest absolute Gasteiger partial charge is 0.381 e. The first-order chi connectivity index (χ1) is 9.70. The summed E-state index contributed by atoms with van der Waals surface area (Å²) in [4.78, 5) is 0. The lowest BCUT2D eigenvalue weighted by Gasteiger charge is -2.16. The normalized spacial score (nSPS) is 30.4. The lowest BCUT2D eigenvalue weighted by Crippen LogP contribution is -2.25. The third-order valence-corrected chi connectivity index (χ3v) is 5.18. The van der Waals surface area contributed by atoms with Gasteiger partial charge in [-0.15, -0.1) is 0 Å². The van der Waals surface area contributed by atoms with Gasteiger partial charge < -0.3 is 15.8 Å². The maximum atomic E-state index is 6.14. The quantitative estimate of drug-likeness (QED) is 0.897. The third kappa shape index (κ3) is 2.58. The van der Waals surface area contributed by atoms with Crippen LogP contribution in [0.5, 0.6) is 0 Å². The van der Waals surface area contributed by atoms with E-state index in [0.717, 1.165) is 26.3 Å². The van der Waals surface area contributed by atoms with Gasteiger partial charge in [-0.3, -0.25) is 0 Å². The van der Waals surface area contributed by atoms with Gasteiger partial charge in [-0.05, 0) is 50.0 Å². The fourth-order valence-corrected chi connectivity index (χ4v) is 3.75. The van der Waals surface area contributed by atoms with E-state index in [1.54, 1.807) is 0 Å². The van der Waals surface area contributed by atoms with Crippen LogP contribution in [0.2, 0.25) is 10.0 Å². The molecule has 2 fully saturated rings. The highest BCUT2D eigenvalue weighted by atomic mass is 35.5. The monoisotopic (exact) mass is 316 g/mol. The number of ether oxygens (including phenoxy) is 1. The second-order valence-electron chi connectivity index (χ2n) is 5.17. The number of hydrogen-bond acceptors (Lipinski definition) is 3. The average Bonchev–Trinajstić information content (AvgIpc) is 2.87. The van der Waals surface area contributed by atoms with Crippen LogP contribution in [0.4, 0.5) is 0 Å². The van der Waals surface area contributed by atoms with Crippen LogP contribution in [-0.4, -0.2) is 33.4 Å². The number of hydrogen-bond donors (Lipinski definition) is 2. The number of nitrogens with one attached hydrogen (secondary N) is 1. The summed E-state index contributed by atoms with van der Waals surface area (Å²) in [6, 6.07) is 6.04. The van der Waals surface area contributed by atoms with E-state index in [-0.39, 0.29) is 5.41 Å². The van der Waals surface area contributed by atoms with Gasteiger partial charge in [0.2, 0.25) is 0 Å². The van der Waals surface area contributed by atoms with E-state index in [0.29, 0.717) is 21.9 Å². The summed E-state index contributed by atoms with van der Waals surface area (Å²) in [6.07, 6.45) is 0. The van der Waals surface area contributed by atoms with Gasteiger partial charge in [-0.25, -0.2) is 0 Å². The Morgan fingerprint density at radius 2 is 2.10 bits per heavy atom. The number of fused-ring (bicyclic) bond motifs is 1. The lowest BCUT2D eigenvalue weighted by atomic mass is 9.93. The molecule has 20 heavy (non-hydrogen) atoms. The summed E-state index contributed by atoms with van der Waals surface area (Å²) >= 11 is 12.1. The first-order valence-electron chi connectivity index (χ1n) is 7.02. The molecule has 5 heteroatoms. The number of rotatable bonds is 4. The Balaban J connectivity index is 0.000000704. The SMILES string of the molecule is CCOC[C@H]1[C@@H]2CNC[C@@]21c1ccc(Cl)c(Cl)c1.CN. The van der Waals surface area contributed by atoms with E-state index < -0.39 is 0 Å². The summed E-state index contributed by atoms with van der Waals surface area (Å²) in [5.41, 5.74) is 6.03. The summed E-state index contributed by atoms with van der Waals surface area (Å²) in [5, 5.41) is 4.75. The molecule has 1 saturated carbocycles. The molecular formula is C15H22Cl2N2O. The van der Waals surface area contributed by atoms with Crippen molar-refractivity contribution in [3.63, 3.8) is 0 Å². The van der Waals surface area contributed by atoms with E-state index in [4.69, 9.17) is 27.9 Å². The Hall–Kier alpha value is -0.320. The van der Waals surface area contributed by atoms with Crippen LogP contribution in [-0.2, 0) is 10.2 Å². The van der Waals surface area contributed by atoms with Crippen molar-refractivity contribution < 1.29 is 4.74 Å². The van der Waals surface area contributed by atoms with E-state index >= 15 is 0 Å². The molecule has 112 valence electrons. The fraction of sp³-hybridized carbons (Fsp3) is 0.600. The van der Waals surface area contributed by atoms with Gasteiger partial charge in [-0.1, -0.05) is 29.3 Å². The molecule has 0 unspecified atom stereocenters. The van der Waals surface area contributed by atoms with E-state index in [2.05, 4.69) is 17.1 Å². The number of halogens is 2. The van der Waals surface area contributed by atoms with Crippen molar-refractivity contribution >= 4 is 23.2 Å². The Kier molecular flexibility index (Phi) is 5.32. The van der Waals surface area contributed by atoms with Crippen LogP contribution in [0.25, 0.3) is 0 Å². The molecular weight excluding hydrogens is 295 g/mol. The zero-order chi connectivity index (χ0) is 14.8. The Labute approximate surface area is 130 Å². The van der Waals surface area contributed by atoms with Crippen molar-refractivity contribution in [3.8, 4) is 0 Å². The molecule has 3 nitrogen and oxygen atoms in total. The molecule has 3 N–H and O–H groups in total. The highest BCUT2D eigenvalue weighted by Crippen LogP contribution is 2.62. The van der Waals surface area contributed by atoms with E-state index in [1.165, 1.54) is 12.6 Å². The first kappa shape index (κ1) is 16.1. The maximum absolute atomic E-state index is 6.14. The Morgan fingerprint density at radius 1 is 1.35 bits per heavy atom. The molecule has 2 aliphatic rings. The molecule has 0 bridgehead atoms. The van der Waals surface area contributed by atoms with Gasteiger partial charge in [0.25, 0.3) is 0 Å². The summed E-state index contributed by atoms with van der Waals surface area (Å²) in [7, 11) is 1.50. The second kappa shape index (κ2) is 6.63. The lowest BCUT2D eigenvalue weighted by molar-refractivity contribution is 0.126. The van der Waals surface area contributed by atoms with Crippen LogP contribution in [0.3, 0.4) is 0 Å². The predicted molar refractivity (Wildman–Crippen MR) is 84.6 cm³/mol. The maximum Gasteiger partial charge on any atom is 0.0595 e. The van der Waals surface area contributed by atoms with Crippen LogP contribution < -0.4 is 11.1 Å². The van der Waals surface area contributed by atoms with Gasteiger partial charge in [0.05, 0.1) is 16.7 Å². The summed E-state index contributed by atoms with van der Waals surface area (Å²) < 4.78 is 5.61. The van der Waals surface area contributed by atoms with Crippen molar-refractivity contribution in [2.75, 3.05) is 33.4 Å². The number of nitrogens with two attached hydrogens (primary N) is 1. The van der Waals surface area contributed by atoms with Crippen LogP contribution in [0.15, 0.2) is 18.2 Å². The molecule has 1 saturated heterocycles. The molecule has 1 aromatic rings. The van der Waals surface area contributed by atoms with Gasteiger partial charge in [0.15, 0.2) is 0 Å². The summed E-state index contributed by atoms with van der Waals surface area (Å²) in [6.45, 7) is 5.78. The third-order valence-electron chi connectivity index (χ3n) is 4.44. The van der Waals surface area contributed by atoms with Gasteiger partial charge in [0.1, 0.15) is 0 Å². The Morgan fingerprint density at radius 3 is 2.75 bits per heavy atom. The molecule has 1 heterocycles. The topological polar surface area (TPSA) is 47.3 Å². The van der Waals surface area contributed by atoms with E-state index in [1.807, 2.05) is 19.1 Å². The van der Waals surface area contributed by atoms with Gasteiger partial charge in [0, 0.05) is 18.6 Å². The number of piperidine rings is 1. The minimum Gasteiger partial charge on any atom is -0.381 e. The molecule has 0 amide bonds. The minimum absolute atomic E-state index is 0.226. The van der Waals surface area contributed by atoms with Crippen molar-refractivity contribution in [1.82, 2.24) is 5.32 Å². The molecule has 1 aromatic carbocycles. The zero-order valence-electron chi connectivity index (χ0n) is 12.0. The van der Waals surface area contributed by atoms with Crippen LogP contribution in [0, 0.1) is 11.8 Å². The first-order valence-corrected chi connectivity index (χ1v) is 7.77.